The number of likely N-dealkylation sites (tertiary alicyclic amines) is 1. The van der Waals surface area contributed by atoms with E-state index in [1.807, 2.05) is 29.2 Å². The Morgan fingerprint density at radius 1 is 1.03 bits per heavy atom. The molecule has 1 aliphatic rings. The predicted octanol–water partition coefficient (Wildman–Crippen LogP) is 3.78. The Labute approximate surface area is 180 Å². The molecule has 1 saturated heterocycles. The number of amides is 1. The molecule has 2 heterocycles. The largest absolute Gasteiger partial charge is 0.497 e. The van der Waals surface area contributed by atoms with Gasteiger partial charge in [-0.3, -0.25) is 4.79 Å². The first-order chi connectivity index (χ1) is 15.1. The highest BCUT2D eigenvalue weighted by atomic mass is 16.5. The van der Waals surface area contributed by atoms with Crippen LogP contribution in [0.15, 0.2) is 47.0 Å². The van der Waals surface area contributed by atoms with Crippen LogP contribution in [0.25, 0.3) is 11.4 Å². The third-order valence-electron chi connectivity index (χ3n) is 5.49. The molecule has 0 unspecified atom stereocenters. The number of methoxy groups -OCH3 is 3. The van der Waals surface area contributed by atoms with Crippen LogP contribution in [0.2, 0.25) is 0 Å². The molecule has 8 heteroatoms. The van der Waals surface area contributed by atoms with Gasteiger partial charge in [0.15, 0.2) is 0 Å². The summed E-state index contributed by atoms with van der Waals surface area (Å²) in [6.07, 6.45) is 1.74. The van der Waals surface area contributed by atoms with Crippen molar-refractivity contribution in [2.45, 2.75) is 18.8 Å². The van der Waals surface area contributed by atoms with E-state index in [9.17, 15) is 4.79 Å². The number of piperidine rings is 1. The topological polar surface area (TPSA) is 86.9 Å². The van der Waals surface area contributed by atoms with Crippen LogP contribution < -0.4 is 14.2 Å². The van der Waals surface area contributed by atoms with E-state index in [1.54, 1.807) is 39.5 Å². The highest BCUT2D eigenvalue weighted by Crippen LogP contribution is 2.31. The number of hydrogen-bond donors (Lipinski definition) is 0. The Morgan fingerprint density at radius 3 is 2.48 bits per heavy atom. The minimum absolute atomic E-state index is 0.0126. The third-order valence-corrected chi connectivity index (χ3v) is 5.49. The van der Waals surface area contributed by atoms with E-state index in [0.717, 1.165) is 24.2 Å². The average Bonchev–Trinajstić information content (AvgIpc) is 3.33. The van der Waals surface area contributed by atoms with Gasteiger partial charge in [0, 0.05) is 24.7 Å². The molecule has 0 N–H and O–H groups in total. The van der Waals surface area contributed by atoms with Crippen molar-refractivity contribution in [1.82, 2.24) is 15.0 Å². The highest BCUT2D eigenvalue weighted by Gasteiger charge is 2.30. The van der Waals surface area contributed by atoms with Crippen molar-refractivity contribution in [3.63, 3.8) is 0 Å². The van der Waals surface area contributed by atoms with E-state index in [4.69, 9.17) is 18.7 Å². The Kier molecular flexibility index (Phi) is 6.06. The summed E-state index contributed by atoms with van der Waals surface area (Å²) in [6.45, 7) is 1.18. The molecule has 4 rings (SSSR count). The second-order valence-electron chi connectivity index (χ2n) is 7.34. The van der Waals surface area contributed by atoms with Gasteiger partial charge < -0.3 is 23.6 Å². The van der Waals surface area contributed by atoms with Crippen molar-refractivity contribution in [2.24, 2.45) is 0 Å². The molecule has 0 aliphatic carbocycles. The van der Waals surface area contributed by atoms with Crippen molar-refractivity contribution in [1.29, 1.82) is 0 Å². The van der Waals surface area contributed by atoms with E-state index in [0.29, 0.717) is 41.9 Å². The first-order valence-corrected chi connectivity index (χ1v) is 10.1. The standard InChI is InChI=1S/C23H25N3O5/c1-28-17-8-6-15(7-9-17)21-24-22(31-25-21)16-5-4-12-26(14-16)23(27)19-11-10-18(29-2)13-20(19)30-3/h6-11,13,16H,4-5,12,14H2,1-3H3/t16-/m0/s1. The fourth-order valence-corrected chi connectivity index (χ4v) is 3.77. The summed E-state index contributed by atoms with van der Waals surface area (Å²) in [7, 11) is 4.75. The lowest BCUT2D eigenvalue weighted by Gasteiger charge is -2.31. The monoisotopic (exact) mass is 423 g/mol. The quantitative estimate of drug-likeness (QED) is 0.596. The minimum Gasteiger partial charge on any atom is -0.497 e. The normalized spacial score (nSPS) is 16.1. The van der Waals surface area contributed by atoms with Gasteiger partial charge in [-0.2, -0.15) is 4.98 Å². The van der Waals surface area contributed by atoms with Gasteiger partial charge in [0.1, 0.15) is 17.2 Å². The molecule has 1 aromatic heterocycles. The fourth-order valence-electron chi connectivity index (χ4n) is 3.77. The number of nitrogens with zero attached hydrogens (tertiary/aromatic N) is 3. The molecule has 1 atom stereocenters. The van der Waals surface area contributed by atoms with Gasteiger partial charge in [0.25, 0.3) is 5.91 Å². The number of carbonyl (C=O) groups excluding carboxylic acids is 1. The smallest absolute Gasteiger partial charge is 0.257 e. The lowest BCUT2D eigenvalue weighted by Crippen LogP contribution is -2.39. The van der Waals surface area contributed by atoms with Crippen molar-refractivity contribution in [3.8, 4) is 28.6 Å². The lowest BCUT2D eigenvalue weighted by molar-refractivity contribution is 0.0692. The number of aromatic nitrogens is 2. The minimum atomic E-state index is -0.0842. The number of carbonyl (C=O) groups is 1. The first kappa shape index (κ1) is 20.7. The maximum atomic E-state index is 13.2. The van der Waals surface area contributed by atoms with Gasteiger partial charge in [-0.15, -0.1) is 0 Å². The predicted molar refractivity (Wildman–Crippen MR) is 114 cm³/mol. The van der Waals surface area contributed by atoms with Crippen LogP contribution in [0.4, 0.5) is 0 Å². The molecular formula is C23H25N3O5. The van der Waals surface area contributed by atoms with Crippen molar-refractivity contribution < 1.29 is 23.5 Å². The molecule has 2 aromatic carbocycles. The summed E-state index contributed by atoms with van der Waals surface area (Å²) in [5.41, 5.74) is 1.36. The van der Waals surface area contributed by atoms with Gasteiger partial charge >= 0.3 is 0 Å². The van der Waals surface area contributed by atoms with E-state index < -0.39 is 0 Å². The van der Waals surface area contributed by atoms with Crippen molar-refractivity contribution in [3.05, 3.63) is 53.9 Å². The first-order valence-electron chi connectivity index (χ1n) is 10.1. The van der Waals surface area contributed by atoms with Gasteiger partial charge in [0.2, 0.25) is 11.7 Å². The average molecular weight is 423 g/mol. The Morgan fingerprint density at radius 2 is 1.77 bits per heavy atom. The van der Waals surface area contributed by atoms with Crippen molar-refractivity contribution >= 4 is 5.91 Å². The van der Waals surface area contributed by atoms with Gasteiger partial charge in [-0.1, -0.05) is 5.16 Å². The molecule has 31 heavy (non-hydrogen) atoms. The maximum Gasteiger partial charge on any atom is 0.257 e. The zero-order chi connectivity index (χ0) is 21.8. The third kappa shape index (κ3) is 4.33. The van der Waals surface area contributed by atoms with Crippen LogP contribution in [0.3, 0.4) is 0 Å². The summed E-state index contributed by atoms with van der Waals surface area (Å²) < 4.78 is 21.4. The molecule has 1 fully saturated rings. The molecular weight excluding hydrogens is 398 g/mol. The zero-order valence-corrected chi connectivity index (χ0v) is 17.8. The van der Waals surface area contributed by atoms with E-state index in [1.165, 1.54) is 0 Å². The summed E-state index contributed by atoms with van der Waals surface area (Å²) in [6, 6.07) is 12.7. The number of hydrogen-bond acceptors (Lipinski definition) is 7. The molecule has 8 nitrogen and oxygen atoms in total. The zero-order valence-electron chi connectivity index (χ0n) is 17.8. The van der Waals surface area contributed by atoms with Gasteiger partial charge in [-0.25, -0.2) is 0 Å². The van der Waals surface area contributed by atoms with E-state index in [-0.39, 0.29) is 11.8 Å². The molecule has 1 amide bonds. The summed E-state index contributed by atoms with van der Waals surface area (Å²) in [4.78, 5) is 19.6. The van der Waals surface area contributed by atoms with Gasteiger partial charge in [-0.05, 0) is 49.2 Å². The Hall–Kier alpha value is -3.55. The second kappa shape index (κ2) is 9.07. The fraction of sp³-hybridized carbons (Fsp3) is 0.348. The highest BCUT2D eigenvalue weighted by molar-refractivity contribution is 5.97. The summed E-state index contributed by atoms with van der Waals surface area (Å²) in [5.74, 6) is 2.87. The van der Waals surface area contributed by atoms with E-state index in [2.05, 4.69) is 10.1 Å². The number of rotatable bonds is 6. The molecule has 3 aromatic rings. The van der Waals surface area contributed by atoms with Crippen LogP contribution in [-0.2, 0) is 0 Å². The Bertz CT molecular complexity index is 1050. The molecule has 0 spiro atoms. The molecule has 0 bridgehead atoms. The van der Waals surface area contributed by atoms with Gasteiger partial charge in [0.05, 0.1) is 32.8 Å². The van der Waals surface area contributed by atoms with Crippen LogP contribution in [0.1, 0.15) is 35.0 Å². The van der Waals surface area contributed by atoms with Crippen LogP contribution in [0, 0.1) is 0 Å². The van der Waals surface area contributed by atoms with Crippen molar-refractivity contribution in [2.75, 3.05) is 34.4 Å². The number of ether oxygens (including phenoxy) is 3. The molecule has 162 valence electrons. The molecule has 1 aliphatic heterocycles. The SMILES string of the molecule is COc1ccc(-c2noc([C@H]3CCCN(C(=O)c4ccc(OC)cc4OC)C3)n2)cc1. The van der Waals surface area contributed by atoms with E-state index >= 15 is 0 Å². The lowest BCUT2D eigenvalue weighted by atomic mass is 9.97. The summed E-state index contributed by atoms with van der Waals surface area (Å²) in [5, 5.41) is 4.13. The molecule has 0 saturated carbocycles. The second-order valence-corrected chi connectivity index (χ2v) is 7.34. The summed E-state index contributed by atoms with van der Waals surface area (Å²) >= 11 is 0. The maximum absolute atomic E-state index is 13.2. The number of benzene rings is 2. The Balaban J connectivity index is 1.50. The van der Waals surface area contributed by atoms with Crippen LogP contribution in [0.5, 0.6) is 17.2 Å². The van der Waals surface area contributed by atoms with Crippen LogP contribution >= 0.6 is 0 Å². The molecule has 0 radical (unpaired) electrons. The van der Waals surface area contributed by atoms with Crippen LogP contribution in [-0.4, -0.2) is 55.4 Å².